The highest BCUT2D eigenvalue weighted by atomic mass is 19.3. The summed E-state index contributed by atoms with van der Waals surface area (Å²) < 4.78 is 38.8. The monoisotopic (exact) mass is 379 g/mol. The molecule has 0 heterocycles. The Hall–Kier alpha value is -3.16. The summed E-state index contributed by atoms with van der Waals surface area (Å²) in [5, 5.41) is 2.63. The molecule has 0 aliphatic carbocycles. The topological polar surface area (TPSA) is 73.9 Å². The standard InChI is InChI=1S/C19H19F2NO5/c1-11-4-6-14(8-12(11)2)22-17(23)10-26-18(24)13-5-7-15(27-19(20)21)16(9-13)25-3/h4-9,19H,10H2,1-3H3,(H,22,23). The highest BCUT2D eigenvalue weighted by Crippen LogP contribution is 2.29. The van der Waals surface area contributed by atoms with Crippen molar-refractivity contribution in [3.8, 4) is 11.5 Å². The van der Waals surface area contributed by atoms with Crippen LogP contribution in [0, 0.1) is 13.8 Å². The third-order valence-corrected chi connectivity index (χ3v) is 3.74. The summed E-state index contributed by atoms with van der Waals surface area (Å²) in [6.45, 7) is 0.350. The summed E-state index contributed by atoms with van der Waals surface area (Å²) in [7, 11) is 1.25. The molecular weight excluding hydrogens is 360 g/mol. The summed E-state index contributed by atoms with van der Waals surface area (Å²) in [5.74, 6) is -1.57. The van der Waals surface area contributed by atoms with Crippen LogP contribution >= 0.6 is 0 Å². The van der Waals surface area contributed by atoms with Crippen LogP contribution < -0.4 is 14.8 Å². The number of methoxy groups -OCH3 is 1. The second-order valence-electron chi connectivity index (χ2n) is 5.67. The highest BCUT2D eigenvalue weighted by molar-refractivity contribution is 5.95. The van der Waals surface area contributed by atoms with Gasteiger partial charge in [-0.1, -0.05) is 6.07 Å². The average Bonchev–Trinajstić information content (AvgIpc) is 2.62. The zero-order valence-electron chi connectivity index (χ0n) is 15.0. The van der Waals surface area contributed by atoms with Gasteiger partial charge in [0.2, 0.25) is 0 Å². The predicted octanol–water partition coefficient (Wildman–Crippen LogP) is 3.71. The summed E-state index contributed by atoms with van der Waals surface area (Å²) in [6, 6.07) is 9.02. The molecule has 0 saturated carbocycles. The number of amides is 1. The zero-order chi connectivity index (χ0) is 20.0. The molecule has 1 N–H and O–H groups in total. The van der Waals surface area contributed by atoms with Gasteiger partial charge in [-0.3, -0.25) is 4.79 Å². The molecule has 0 fully saturated rings. The Kier molecular flexibility index (Phi) is 6.70. The van der Waals surface area contributed by atoms with Crippen LogP contribution in [-0.4, -0.2) is 32.2 Å². The van der Waals surface area contributed by atoms with E-state index in [0.29, 0.717) is 5.69 Å². The molecule has 1 amide bonds. The normalized spacial score (nSPS) is 10.4. The van der Waals surface area contributed by atoms with Gasteiger partial charge < -0.3 is 19.5 Å². The van der Waals surface area contributed by atoms with Crippen LogP contribution in [0.15, 0.2) is 36.4 Å². The Morgan fingerprint density at radius 3 is 2.41 bits per heavy atom. The van der Waals surface area contributed by atoms with Crippen LogP contribution in [0.25, 0.3) is 0 Å². The average molecular weight is 379 g/mol. The maximum absolute atomic E-state index is 12.3. The zero-order valence-corrected chi connectivity index (χ0v) is 15.0. The number of anilines is 1. The predicted molar refractivity (Wildman–Crippen MR) is 94.5 cm³/mol. The molecule has 2 aromatic rings. The number of benzene rings is 2. The van der Waals surface area contributed by atoms with Crippen molar-refractivity contribution in [3.05, 3.63) is 53.1 Å². The van der Waals surface area contributed by atoms with E-state index in [2.05, 4.69) is 10.1 Å². The van der Waals surface area contributed by atoms with Crippen molar-refractivity contribution in [2.45, 2.75) is 20.5 Å². The number of carbonyl (C=O) groups is 2. The Labute approximate surface area is 155 Å². The number of hydrogen-bond donors (Lipinski definition) is 1. The minimum absolute atomic E-state index is 0.0347. The third-order valence-electron chi connectivity index (χ3n) is 3.74. The largest absolute Gasteiger partial charge is 0.493 e. The number of carbonyl (C=O) groups excluding carboxylic acids is 2. The first kappa shape index (κ1) is 20.2. The molecule has 0 aromatic heterocycles. The number of ether oxygens (including phenoxy) is 3. The quantitative estimate of drug-likeness (QED) is 0.743. The third kappa shape index (κ3) is 5.67. The Morgan fingerprint density at radius 2 is 1.78 bits per heavy atom. The lowest BCUT2D eigenvalue weighted by molar-refractivity contribution is -0.119. The van der Waals surface area contributed by atoms with Crippen molar-refractivity contribution in [1.82, 2.24) is 0 Å². The summed E-state index contributed by atoms with van der Waals surface area (Å²) in [6.07, 6.45) is 0. The number of esters is 1. The Bertz CT molecular complexity index is 839. The van der Waals surface area contributed by atoms with E-state index in [-0.39, 0.29) is 17.1 Å². The molecule has 0 aliphatic heterocycles. The second kappa shape index (κ2) is 8.98. The molecule has 0 unspecified atom stereocenters. The first-order chi connectivity index (χ1) is 12.8. The Morgan fingerprint density at radius 1 is 1.04 bits per heavy atom. The minimum atomic E-state index is -3.02. The molecule has 8 heteroatoms. The van der Waals surface area contributed by atoms with Gasteiger partial charge >= 0.3 is 12.6 Å². The van der Waals surface area contributed by atoms with E-state index in [1.165, 1.54) is 19.2 Å². The number of nitrogens with one attached hydrogen (secondary N) is 1. The molecule has 2 aromatic carbocycles. The van der Waals surface area contributed by atoms with Crippen LogP contribution in [0.3, 0.4) is 0 Å². The summed E-state index contributed by atoms with van der Waals surface area (Å²) in [5.41, 5.74) is 2.73. The van der Waals surface area contributed by atoms with Gasteiger partial charge in [0, 0.05) is 5.69 Å². The van der Waals surface area contributed by atoms with E-state index in [0.717, 1.165) is 17.2 Å². The fourth-order valence-corrected chi connectivity index (χ4v) is 2.22. The van der Waals surface area contributed by atoms with Gasteiger partial charge in [-0.25, -0.2) is 4.79 Å². The fraction of sp³-hybridized carbons (Fsp3) is 0.263. The van der Waals surface area contributed by atoms with Crippen molar-refractivity contribution in [2.24, 2.45) is 0 Å². The molecule has 6 nitrogen and oxygen atoms in total. The van der Waals surface area contributed by atoms with E-state index < -0.39 is 25.1 Å². The van der Waals surface area contributed by atoms with E-state index in [1.807, 2.05) is 26.0 Å². The molecule has 0 radical (unpaired) electrons. The number of aryl methyl sites for hydroxylation is 2. The number of hydrogen-bond acceptors (Lipinski definition) is 5. The molecule has 0 atom stereocenters. The van der Waals surface area contributed by atoms with Crippen molar-refractivity contribution in [1.29, 1.82) is 0 Å². The lowest BCUT2D eigenvalue weighted by Crippen LogP contribution is -2.21. The fourth-order valence-electron chi connectivity index (χ4n) is 2.22. The lowest BCUT2D eigenvalue weighted by atomic mass is 10.1. The van der Waals surface area contributed by atoms with Gasteiger partial charge in [0.1, 0.15) is 0 Å². The molecule has 0 spiro atoms. The Balaban J connectivity index is 1.96. The molecule has 0 aliphatic rings. The van der Waals surface area contributed by atoms with Gasteiger partial charge in [-0.15, -0.1) is 0 Å². The van der Waals surface area contributed by atoms with Gasteiger partial charge in [0.05, 0.1) is 12.7 Å². The minimum Gasteiger partial charge on any atom is -0.493 e. The molecule has 0 saturated heterocycles. The summed E-state index contributed by atoms with van der Waals surface area (Å²) >= 11 is 0. The van der Waals surface area contributed by atoms with Gasteiger partial charge in [-0.05, 0) is 55.3 Å². The van der Waals surface area contributed by atoms with Gasteiger partial charge in [-0.2, -0.15) is 8.78 Å². The molecular formula is C19H19F2NO5. The van der Waals surface area contributed by atoms with E-state index in [9.17, 15) is 18.4 Å². The van der Waals surface area contributed by atoms with Crippen molar-refractivity contribution >= 4 is 17.6 Å². The number of rotatable bonds is 7. The van der Waals surface area contributed by atoms with E-state index in [4.69, 9.17) is 9.47 Å². The van der Waals surface area contributed by atoms with Crippen LogP contribution in [0.2, 0.25) is 0 Å². The van der Waals surface area contributed by atoms with Crippen molar-refractivity contribution in [2.75, 3.05) is 19.0 Å². The molecule has 0 bridgehead atoms. The van der Waals surface area contributed by atoms with E-state index >= 15 is 0 Å². The van der Waals surface area contributed by atoms with Gasteiger partial charge in [0.15, 0.2) is 18.1 Å². The van der Waals surface area contributed by atoms with E-state index in [1.54, 1.807) is 6.07 Å². The molecule has 2 rings (SSSR count). The smallest absolute Gasteiger partial charge is 0.387 e. The molecule has 27 heavy (non-hydrogen) atoms. The van der Waals surface area contributed by atoms with Gasteiger partial charge in [0.25, 0.3) is 5.91 Å². The van der Waals surface area contributed by atoms with Crippen LogP contribution in [0.1, 0.15) is 21.5 Å². The SMILES string of the molecule is COc1cc(C(=O)OCC(=O)Nc2ccc(C)c(C)c2)ccc1OC(F)F. The van der Waals surface area contributed by atoms with Crippen LogP contribution in [-0.2, 0) is 9.53 Å². The maximum Gasteiger partial charge on any atom is 0.387 e. The summed E-state index contributed by atoms with van der Waals surface area (Å²) in [4.78, 5) is 24.0. The second-order valence-corrected chi connectivity index (χ2v) is 5.67. The lowest BCUT2D eigenvalue weighted by Gasteiger charge is -2.11. The van der Waals surface area contributed by atoms with Crippen LogP contribution in [0.5, 0.6) is 11.5 Å². The number of alkyl halides is 2. The molecule has 144 valence electrons. The first-order valence-electron chi connectivity index (χ1n) is 7.97. The van der Waals surface area contributed by atoms with Crippen molar-refractivity contribution < 1.29 is 32.6 Å². The number of halogens is 2. The van der Waals surface area contributed by atoms with Crippen molar-refractivity contribution in [3.63, 3.8) is 0 Å². The highest BCUT2D eigenvalue weighted by Gasteiger charge is 2.16. The van der Waals surface area contributed by atoms with Crippen LogP contribution in [0.4, 0.5) is 14.5 Å². The first-order valence-corrected chi connectivity index (χ1v) is 7.97. The maximum atomic E-state index is 12.3.